The van der Waals surface area contributed by atoms with Crippen molar-refractivity contribution in [1.29, 1.82) is 0 Å². The van der Waals surface area contributed by atoms with Gasteiger partial charge in [-0.2, -0.15) is 0 Å². The van der Waals surface area contributed by atoms with Gasteiger partial charge in [0.1, 0.15) is 12.3 Å². The Labute approximate surface area is 164 Å². The number of esters is 1. The van der Waals surface area contributed by atoms with E-state index in [-0.39, 0.29) is 35.8 Å². The number of non-ortho nitro benzene ring substituents is 1. The third-order valence-corrected chi connectivity index (χ3v) is 5.16. The minimum absolute atomic E-state index is 0.0360. The summed E-state index contributed by atoms with van der Waals surface area (Å²) in [6.45, 7) is 1.32. The number of nitrogens with zero attached hydrogens (tertiary/aromatic N) is 2. The molecule has 0 aliphatic carbocycles. The number of nitrogens with one attached hydrogen (secondary N) is 1. The van der Waals surface area contributed by atoms with E-state index in [2.05, 4.69) is 5.32 Å². The molecule has 0 bridgehead atoms. The number of carbonyl (C=O) groups is 3. The highest BCUT2D eigenvalue weighted by Crippen LogP contribution is 2.43. The van der Waals surface area contributed by atoms with Crippen LogP contribution in [-0.2, 0) is 25.7 Å². The maximum absolute atomic E-state index is 12.6. The third-order valence-electron chi connectivity index (χ3n) is 4.25. The Balaban J connectivity index is 1.67. The number of hydrogen-bond donors (Lipinski definition) is 1. The number of β-lactam (4-membered cyclic amide) rings is 1. The van der Waals surface area contributed by atoms with Crippen LogP contribution in [0, 0.1) is 10.1 Å². The van der Waals surface area contributed by atoms with E-state index in [9.17, 15) is 24.5 Å². The van der Waals surface area contributed by atoms with Crippen LogP contribution < -0.4 is 5.32 Å². The summed E-state index contributed by atoms with van der Waals surface area (Å²) >= 11 is 1.25. The van der Waals surface area contributed by atoms with Crippen LogP contribution in [0.5, 0.6) is 0 Å². The molecule has 2 heterocycles. The standard InChI is InChI=1S/C18H17N3O6S/c1-11(22)19-6-7-28-15-8-14-9-16(23)20(14)17(15)18(24)27-10-12-2-4-13(5-3-12)21(25)26/h2-7,14H,8-10H2,1H3,(H,19,22). The van der Waals surface area contributed by atoms with Gasteiger partial charge in [0.2, 0.25) is 11.8 Å². The summed E-state index contributed by atoms with van der Waals surface area (Å²) in [4.78, 5) is 47.7. The molecule has 10 heteroatoms. The van der Waals surface area contributed by atoms with Crippen LogP contribution in [0.1, 0.15) is 25.3 Å². The number of benzene rings is 1. The zero-order valence-electron chi connectivity index (χ0n) is 14.9. The lowest BCUT2D eigenvalue weighted by Crippen LogP contribution is -2.49. The summed E-state index contributed by atoms with van der Waals surface area (Å²) < 4.78 is 5.32. The largest absolute Gasteiger partial charge is 0.456 e. The Morgan fingerprint density at radius 1 is 1.36 bits per heavy atom. The molecule has 28 heavy (non-hydrogen) atoms. The number of thioether (sulfide) groups is 1. The second-order valence-electron chi connectivity index (χ2n) is 6.22. The predicted octanol–water partition coefficient (Wildman–Crippen LogP) is 2.19. The first kappa shape index (κ1) is 19.6. The summed E-state index contributed by atoms with van der Waals surface area (Å²) in [5.41, 5.74) is 0.775. The summed E-state index contributed by atoms with van der Waals surface area (Å²) in [5, 5.41) is 14.8. The van der Waals surface area contributed by atoms with Gasteiger partial charge < -0.3 is 15.0 Å². The summed E-state index contributed by atoms with van der Waals surface area (Å²) in [6, 6.07) is 5.66. The number of nitro benzene ring substituents is 1. The second kappa shape index (κ2) is 8.26. The molecule has 1 atom stereocenters. The first-order valence-corrected chi connectivity index (χ1v) is 9.29. The molecule has 2 aliphatic rings. The lowest BCUT2D eigenvalue weighted by Gasteiger charge is -2.35. The van der Waals surface area contributed by atoms with Gasteiger partial charge in [-0.15, -0.1) is 0 Å². The summed E-state index contributed by atoms with van der Waals surface area (Å²) in [6.07, 6.45) is 2.42. The Morgan fingerprint density at radius 2 is 2.07 bits per heavy atom. The monoisotopic (exact) mass is 403 g/mol. The van der Waals surface area contributed by atoms with Crippen molar-refractivity contribution in [3.05, 3.63) is 62.2 Å². The van der Waals surface area contributed by atoms with Crippen molar-refractivity contribution in [2.75, 3.05) is 0 Å². The Kier molecular flexibility index (Phi) is 5.78. The predicted molar refractivity (Wildman–Crippen MR) is 100 cm³/mol. The number of amides is 2. The van der Waals surface area contributed by atoms with Crippen LogP contribution >= 0.6 is 11.8 Å². The SMILES string of the molecule is CC(=O)NC=CSC1=C(C(=O)OCc2ccc([N+](=O)[O-])cc2)N2C(=O)CC2C1. The normalized spacial score (nSPS) is 18.1. The number of ether oxygens (including phenoxy) is 1. The molecule has 1 N–H and O–H groups in total. The van der Waals surface area contributed by atoms with E-state index in [0.29, 0.717) is 23.3 Å². The molecule has 9 nitrogen and oxygen atoms in total. The average molecular weight is 403 g/mol. The van der Waals surface area contributed by atoms with Gasteiger partial charge in [-0.05, 0) is 23.1 Å². The fourth-order valence-electron chi connectivity index (χ4n) is 2.91. The van der Waals surface area contributed by atoms with Crippen molar-refractivity contribution in [2.45, 2.75) is 32.4 Å². The third kappa shape index (κ3) is 4.22. The molecule has 0 saturated carbocycles. The van der Waals surface area contributed by atoms with Gasteiger partial charge >= 0.3 is 5.97 Å². The summed E-state index contributed by atoms with van der Waals surface area (Å²) in [7, 11) is 0. The van der Waals surface area contributed by atoms with Gasteiger partial charge in [0.15, 0.2) is 0 Å². The first-order valence-electron chi connectivity index (χ1n) is 8.41. The van der Waals surface area contributed by atoms with Gasteiger partial charge in [-0.25, -0.2) is 4.79 Å². The molecule has 1 unspecified atom stereocenters. The highest BCUT2D eigenvalue weighted by Gasteiger charge is 2.47. The Hall–Kier alpha value is -3.14. The van der Waals surface area contributed by atoms with Crippen LogP contribution in [0.25, 0.3) is 0 Å². The van der Waals surface area contributed by atoms with Crippen molar-refractivity contribution < 1.29 is 24.0 Å². The number of nitro groups is 1. The Bertz CT molecular complexity index is 893. The minimum Gasteiger partial charge on any atom is -0.456 e. The van der Waals surface area contributed by atoms with E-state index in [0.717, 1.165) is 0 Å². The van der Waals surface area contributed by atoms with E-state index >= 15 is 0 Å². The fraction of sp³-hybridized carbons (Fsp3) is 0.278. The molecule has 3 rings (SSSR count). The number of fused-ring (bicyclic) bond motifs is 1. The highest BCUT2D eigenvalue weighted by molar-refractivity contribution is 8.05. The smallest absolute Gasteiger partial charge is 0.356 e. The van der Waals surface area contributed by atoms with Gasteiger partial charge in [-0.3, -0.25) is 19.7 Å². The molecule has 2 amide bonds. The molecule has 2 aliphatic heterocycles. The molecule has 1 aromatic rings. The van der Waals surface area contributed by atoms with Crippen LogP contribution in [0.3, 0.4) is 0 Å². The highest BCUT2D eigenvalue weighted by atomic mass is 32.2. The van der Waals surface area contributed by atoms with Crippen molar-refractivity contribution in [3.63, 3.8) is 0 Å². The lowest BCUT2D eigenvalue weighted by atomic mass is 10.0. The topological polar surface area (TPSA) is 119 Å². The zero-order valence-corrected chi connectivity index (χ0v) is 15.7. The molecule has 0 aromatic heterocycles. The van der Waals surface area contributed by atoms with Crippen LogP contribution in [-0.4, -0.2) is 33.6 Å². The van der Waals surface area contributed by atoms with Gasteiger partial charge in [0.25, 0.3) is 5.69 Å². The molecular formula is C18H17N3O6S. The van der Waals surface area contributed by atoms with Crippen molar-refractivity contribution in [1.82, 2.24) is 10.2 Å². The maximum atomic E-state index is 12.6. The maximum Gasteiger partial charge on any atom is 0.356 e. The quantitative estimate of drug-likeness (QED) is 0.321. The fourth-order valence-corrected chi connectivity index (χ4v) is 3.80. The molecule has 1 fully saturated rings. The lowest BCUT2D eigenvalue weighted by molar-refractivity contribution is -0.384. The Morgan fingerprint density at radius 3 is 2.68 bits per heavy atom. The molecule has 0 spiro atoms. The first-order chi connectivity index (χ1) is 13.4. The van der Waals surface area contributed by atoms with Crippen molar-refractivity contribution in [2.24, 2.45) is 0 Å². The molecule has 1 aromatic carbocycles. The van der Waals surface area contributed by atoms with E-state index in [1.54, 1.807) is 5.41 Å². The zero-order chi connectivity index (χ0) is 20.3. The molecule has 1 saturated heterocycles. The second-order valence-corrected chi connectivity index (χ2v) is 7.22. The van der Waals surface area contributed by atoms with E-state index in [1.807, 2.05) is 0 Å². The van der Waals surface area contributed by atoms with E-state index in [4.69, 9.17) is 4.74 Å². The number of carbonyl (C=O) groups excluding carboxylic acids is 3. The number of hydrogen-bond acceptors (Lipinski definition) is 7. The van der Waals surface area contributed by atoms with Gasteiger partial charge in [-0.1, -0.05) is 11.8 Å². The van der Waals surface area contributed by atoms with Crippen LogP contribution in [0.15, 0.2) is 46.5 Å². The molecular weight excluding hydrogens is 386 g/mol. The van der Waals surface area contributed by atoms with E-state index in [1.165, 1.54) is 54.1 Å². The van der Waals surface area contributed by atoms with Gasteiger partial charge in [0, 0.05) is 43.0 Å². The number of rotatable bonds is 7. The van der Waals surface area contributed by atoms with Crippen LogP contribution in [0.4, 0.5) is 5.69 Å². The van der Waals surface area contributed by atoms with Crippen molar-refractivity contribution in [3.8, 4) is 0 Å². The van der Waals surface area contributed by atoms with E-state index < -0.39 is 10.9 Å². The molecule has 0 radical (unpaired) electrons. The minimum atomic E-state index is -0.621. The summed E-state index contributed by atoms with van der Waals surface area (Å²) in [5.74, 6) is -0.961. The van der Waals surface area contributed by atoms with Crippen LogP contribution in [0.2, 0.25) is 0 Å². The van der Waals surface area contributed by atoms with Crippen molar-refractivity contribution >= 4 is 35.2 Å². The molecule has 146 valence electrons. The van der Waals surface area contributed by atoms with Gasteiger partial charge in [0.05, 0.1) is 11.0 Å². The average Bonchev–Trinajstić information content (AvgIpc) is 2.95.